The third-order valence-electron chi connectivity index (χ3n) is 5.01. The van der Waals surface area contributed by atoms with Gasteiger partial charge in [0.15, 0.2) is 24.7 Å². The number of nitriles is 1. The van der Waals surface area contributed by atoms with Gasteiger partial charge in [-0.3, -0.25) is 4.79 Å². The Morgan fingerprint density at radius 1 is 0.708 bits per heavy atom. The van der Waals surface area contributed by atoms with Crippen LogP contribution < -0.4 is 43.5 Å². The van der Waals surface area contributed by atoms with Gasteiger partial charge in [-0.1, -0.05) is 69.6 Å². The summed E-state index contributed by atoms with van der Waals surface area (Å²) >= 11 is 34.4. The number of amides is 1. The maximum absolute atomic E-state index is 10.6. The third kappa shape index (κ3) is 15.5. The molecular weight excluding hydrogens is 751 g/mol. The first kappa shape index (κ1) is 41.7. The largest absolute Gasteiger partial charge is 0.479 e. The summed E-state index contributed by atoms with van der Waals surface area (Å²) in [6.45, 7) is 0.833. The lowest BCUT2D eigenvalue weighted by Gasteiger charge is -2.08. The van der Waals surface area contributed by atoms with Crippen molar-refractivity contribution < 1.29 is 24.2 Å². The fraction of sp³-hybridized carbons (Fsp3) is 0.100. The molecule has 0 atom stereocenters. The predicted molar refractivity (Wildman–Crippen MR) is 196 cm³/mol. The van der Waals surface area contributed by atoms with Crippen LogP contribution in [0.4, 0.5) is 34.1 Å². The van der Waals surface area contributed by atoms with E-state index < -0.39 is 12.6 Å². The van der Waals surface area contributed by atoms with Crippen LogP contribution in [-0.4, -0.2) is 30.2 Å². The molecule has 0 aliphatic rings. The molecule has 0 aliphatic heterocycles. The van der Waals surface area contributed by atoms with Crippen LogP contribution in [0.25, 0.3) is 0 Å². The number of carboxylic acids is 1. The van der Waals surface area contributed by atoms with Crippen molar-refractivity contribution in [2.45, 2.75) is 6.92 Å². The highest BCUT2D eigenvalue weighted by atomic mass is 35.5. The number of rotatable bonds is 6. The van der Waals surface area contributed by atoms with Gasteiger partial charge in [-0.15, -0.1) is 0 Å². The van der Waals surface area contributed by atoms with E-state index in [0.29, 0.717) is 60.0 Å². The molecule has 4 rings (SSSR count). The summed E-state index contributed by atoms with van der Waals surface area (Å²) in [5.74, 6) is -0.834. The van der Waals surface area contributed by atoms with Gasteiger partial charge in [0.25, 0.3) is 0 Å². The molecule has 0 unspecified atom stereocenters. The van der Waals surface area contributed by atoms with Crippen LogP contribution in [0.2, 0.25) is 30.1 Å². The standard InChI is InChI=1S/C8H6Cl2N2O.C8H7Cl2NO3.C8H9ClN2O.C6H7ClN2/c9-6-3-5(12)4-7(10)8(6)13-2-1-11;9-5-1-4(11)2-6(10)8(5)14-3-7(12)13;1-5(12)11-8-3-2-6(10)4-7(8)9;7-4-1-2-5(8)6(9)3-4/h3-4H,2,12H2;1-2H,3,11H2,(H,12,13);2-4H,10H2,1H3,(H,11,12);1-3H,8-9H2. The second-order valence-corrected chi connectivity index (χ2v) is 11.4. The van der Waals surface area contributed by atoms with E-state index in [2.05, 4.69) is 5.32 Å². The number of hydrogen-bond donors (Lipinski definition) is 7. The number of nitrogens with zero attached hydrogens (tertiary/aromatic N) is 1. The Morgan fingerprint density at radius 3 is 1.58 bits per heavy atom. The summed E-state index contributed by atoms with van der Waals surface area (Å²) in [5, 5.41) is 21.3. The summed E-state index contributed by atoms with van der Waals surface area (Å²) in [5.41, 5.74) is 30.3. The fourth-order valence-electron chi connectivity index (χ4n) is 3.04. The quantitative estimate of drug-likeness (QED) is 0.0928. The summed E-state index contributed by atoms with van der Waals surface area (Å²) < 4.78 is 9.86. The Morgan fingerprint density at radius 2 is 1.19 bits per heavy atom. The topological polar surface area (TPSA) is 239 Å². The minimum absolute atomic E-state index is 0.0939. The minimum Gasteiger partial charge on any atom is -0.479 e. The van der Waals surface area contributed by atoms with Gasteiger partial charge in [0.05, 0.1) is 42.2 Å². The van der Waals surface area contributed by atoms with E-state index in [0.717, 1.165) is 0 Å². The number of carbonyl (C=O) groups excluding carboxylic acids is 1. The summed E-state index contributed by atoms with van der Waals surface area (Å²) in [7, 11) is 0. The SMILES string of the molecule is CC(=O)Nc1ccc(N)cc1Cl.N#CCOc1c(Cl)cc(N)cc1Cl.Nc1cc(Cl)c(OCC(=O)O)c(Cl)c1.Nc1ccc(Cl)cc1N. The van der Waals surface area contributed by atoms with Crippen LogP contribution in [0, 0.1) is 11.3 Å². The van der Waals surface area contributed by atoms with Crippen LogP contribution in [0.3, 0.4) is 0 Å². The number of ether oxygens (including phenoxy) is 2. The van der Waals surface area contributed by atoms with E-state index in [1.807, 2.05) is 6.07 Å². The van der Waals surface area contributed by atoms with Gasteiger partial charge in [-0.25, -0.2) is 4.79 Å². The van der Waals surface area contributed by atoms with Gasteiger partial charge >= 0.3 is 5.97 Å². The minimum atomic E-state index is -1.10. The molecule has 0 aromatic heterocycles. The van der Waals surface area contributed by atoms with Gasteiger partial charge in [-0.05, 0) is 60.7 Å². The highest BCUT2D eigenvalue weighted by Crippen LogP contribution is 2.36. The first-order chi connectivity index (χ1) is 22.4. The van der Waals surface area contributed by atoms with Crippen molar-refractivity contribution in [3.8, 4) is 17.6 Å². The zero-order valence-electron chi connectivity index (χ0n) is 24.9. The average molecular weight is 780 g/mol. The summed E-state index contributed by atoms with van der Waals surface area (Å²) in [4.78, 5) is 20.9. The molecule has 0 heterocycles. The normalized spacial score (nSPS) is 9.54. The Hall–Kier alpha value is -4.35. The van der Waals surface area contributed by atoms with Gasteiger partial charge < -0.3 is 48.6 Å². The van der Waals surface area contributed by atoms with Crippen LogP contribution in [0.15, 0.2) is 60.7 Å². The molecule has 0 bridgehead atoms. The highest BCUT2D eigenvalue weighted by molar-refractivity contribution is 6.38. The molecule has 18 heteroatoms. The van der Waals surface area contributed by atoms with E-state index >= 15 is 0 Å². The highest BCUT2D eigenvalue weighted by Gasteiger charge is 2.10. The number of nitrogens with two attached hydrogens (primary N) is 5. The second kappa shape index (κ2) is 20.8. The lowest BCUT2D eigenvalue weighted by molar-refractivity contribution is -0.139. The van der Waals surface area contributed by atoms with Crippen molar-refractivity contribution in [2.24, 2.45) is 0 Å². The predicted octanol–water partition coefficient (Wildman–Crippen LogP) is 7.90. The van der Waals surface area contributed by atoms with Crippen molar-refractivity contribution in [3.05, 3.63) is 90.8 Å². The second-order valence-electron chi connectivity index (χ2n) is 8.95. The molecule has 1 amide bonds. The van der Waals surface area contributed by atoms with E-state index in [-0.39, 0.29) is 28.3 Å². The molecule has 4 aromatic carbocycles. The fourth-order valence-corrected chi connectivity index (χ4v) is 4.68. The molecule has 0 saturated heterocycles. The van der Waals surface area contributed by atoms with Gasteiger partial charge in [0.2, 0.25) is 5.91 Å². The van der Waals surface area contributed by atoms with Crippen molar-refractivity contribution in [1.82, 2.24) is 0 Å². The maximum Gasteiger partial charge on any atom is 0.341 e. The first-order valence-electron chi connectivity index (χ1n) is 12.9. The number of nitrogens with one attached hydrogen (secondary N) is 1. The first-order valence-corrected chi connectivity index (χ1v) is 15.2. The van der Waals surface area contributed by atoms with Crippen LogP contribution in [0.5, 0.6) is 11.5 Å². The Labute approximate surface area is 306 Å². The molecule has 0 fully saturated rings. The molecule has 0 saturated carbocycles. The van der Waals surface area contributed by atoms with E-state index in [1.165, 1.54) is 31.2 Å². The molecular formula is C30H29Cl6N7O5. The number of anilines is 6. The van der Waals surface area contributed by atoms with Gasteiger partial charge in [0.1, 0.15) is 6.07 Å². The van der Waals surface area contributed by atoms with Gasteiger partial charge in [-0.2, -0.15) is 5.26 Å². The zero-order valence-corrected chi connectivity index (χ0v) is 29.4. The number of aliphatic carboxylic acids is 1. The van der Waals surface area contributed by atoms with Crippen molar-refractivity contribution in [1.29, 1.82) is 5.26 Å². The number of nitrogen functional groups attached to an aromatic ring is 5. The van der Waals surface area contributed by atoms with Crippen molar-refractivity contribution >= 4 is 116 Å². The summed E-state index contributed by atoms with van der Waals surface area (Å²) in [6.07, 6.45) is 0. The molecule has 12 nitrogen and oxygen atoms in total. The Balaban J connectivity index is 0.000000323. The number of halogens is 6. The Kier molecular flexibility index (Phi) is 18.1. The van der Waals surface area contributed by atoms with Crippen LogP contribution in [-0.2, 0) is 9.59 Å². The lowest BCUT2D eigenvalue weighted by Crippen LogP contribution is -2.10. The van der Waals surface area contributed by atoms with Crippen LogP contribution in [0.1, 0.15) is 6.92 Å². The maximum atomic E-state index is 10.6. The number of carbonyl (C=O) groups is 2. The molecule has 256 valence electrons. The van der Waals surface area contributed by atoms with E-state index in [1.54, 1.807) is 36.4 Å². The monoisotopic (exact) mass is 777 g/mol. The van der Waals surface area contributed by atoms with Crippen molar-refractivity contribution in [3.63, 3.8) is 0 Å². The smallest absolute Gasteiger partial charge is 0.341 e. The number of hydrogen-bond acceptors (Lipinski definition) is 10. The van der Waals surface area contributed by atoms with E-state index in [4.69, 9.17) is 118 Å². The van der Waals surface area contributed by atoms with Gasteiger partial charge in [0, 0.05) is 29.0 Å². The third-order valence-corrected chi connectivity index (χ3v) is 6.69. The molecule has 12 N–H and O–H groups in total. The number of carboxylic acid groups (broad SMARTS) is 1. The average Bonchev–Trinajstić information content (AvgIpc) is 2.96. The molecule has 0 radical (unpaired) electrons. The summed E-state index contributed by atoms with van der Waals surface area (Å²) in [6, 6.07) is 17.6. The lowest BCUT2D eigenvalue weighted by atomic mass is 10.3. The zero-order chi connectivity index (χ0) is 36.6. The number of benzene rings is 4. The molecule has 4 aromatic rings. The van der Waals surface area contributed by atoms with Crippen LogP contribution >= 0.6 is 69.6 Å². The Bertz CT molecular complexity index is 1730. The molecule has 0 aliphatic carbocycles. The molecule has 0 spiro atoms. The van der Waals surface area contributed by atoms with Crippen molar-refractivity contribution in [2.75, 3.05) is 47.2 Å². The molecule has 48 heavy (non-hydrogen) atoms. The van der Waals surface area contributed by atoms with E-state index in [9.17, 15) is 9.59 Å².